The summed E-state index contributed by atoms with van der Waals surface area (Å²) < 4.78 is 44.1. The number of carbonyl (C=O) groups is 1. The second-order valence-corrected chi connectivity index (χ2v) is 5.86. The molecule has 2 aromatic rings. The van der Waals surface area contributed by atoms with Crippen molar-refractivity contribution in [3.05, 3.63) is 59.2 Å². The maximum Gasteiger partial charge on any atom is 0.418 e. The summed E-state index contributed by atoms with van der Waals surface area (Å²) in [5, 5.41) is 14.7. The molecule has 1 aliphatic rings. The highest BCUT2D eigenvalue weighted by molar-refractivity contribution is 5.90. The fraction of sp³-hybridized carbons (Fsp3) is 0.278. The smallest absolute Gasteiger partial charge is 0.418 e. The SMILES string of the molecule is O=C(NC[C@H](O)c1ccc2c(c1)CCO2)Nc1ccccc1C(F)(F)F. The van der Waals surface area contributed by atoms with E-state index >= 15 is 0 Å². The number of amides is 2. The first-order valence-electron chi connectivity index (χ1n) is 7.99. The van der Waals surface area contributed by atoms with Gasteiger partial charge in [-0.3, -0.25) is 0 Å². The molecular formula is C18H17F3N2O3. The number of nitrogens with one attached hydrogen (secondary N) is 2. The van der Waals surface area contributed by atoms with Crippen LogP contribution in [-0.4, -0.2) is 24.3 Å². The van der Waals surface area contributed by atoms with Gasteiger partial charge in [0.05, 0.1) is 24.0 Å². The minimum atomic E-state index is -4.57. The number of halogens is 3. The highest BCUT2D eigenvalue weighted by atomic mass is 19.4. The van der Waals surface area contributed by atoms with E-state index < -0.39 is 23.9 Å². The van der Waals surface area contributed by atoms with Crippen LogP contribution in [0.4, 0.5) is 23.7 Å². The van der Waals surface area contributed by atoms with Gasteiger partial charge >= 0.3 is 12.2 Å². The van der Waals surface area contributed by atoms with Crippen molar-refractivity contribution in [2.24, 2.45) is 0 Å². The van der Waals surface area contributed by atoms with Gasteiger partial charge in [0.2, 0.25) is 0 Å². The Kier molecular flexibility index (Phi) is 5.03. The summed E-state index contributed by atoms with van der Waals surface area (Å²) in [5.41, 5.74) is 0.298. The Morgan fingerprint density at radius 2 is 2.00 bits per heavy atom. The molecule has 0 unspecified atom stereocenters. The third kappa shape index (κ3) is 4.08. The number of carbonyl (C=O) groups excluding carboxylic acids is 1. The number of ether oxygens (including phenoxy) is 1. The van der Waals surface area contributed by atoms with E-state index in [1.54, 1.807) is 18.2 Å². The first-order valence-corrected chi connectivity index (χ1v) is 7.99. The lowest BCUT2D eigenvalue weighted by Gasteiger charge is -2.16. The quantitative estimate of drug-likeness (QED) is 0.776. The minimum absolute atomic E-state index is 0.139. The summed E-state index contributed by atoms with van der Waals surface area (Å²) in [7, 11) is 0. The van der Waals surface area contributed by atoms with Crippen molar-refractivity contribution in [2.45, 2.75) is 18.7 Å². The van der Waals surface area contributed by atoms with Gasteiger partial charge in [-0.25, -0.2) is 4.79 Å². The van der Waals surface area contributed by atoms with E-state index in [-0.39, 0.29) is 12.2 Å². The Balaban J connectivity index is 1.59. The van der Waals surface area contributed by atoms with Crippen molar-refractivity contribution in [2.75, 3.05) is 18.5 Å². The molecule has 2 amide bonds. The number of anilines is 1. The molecule has 0 fully saturated rings. The second-order valence-electron chi connectivity index (χ2n) is 5.86. The van der Waals surface area contributed by atoms with Crippen LogP contribution in [0.5, 0.6) is 5.75 Å². The van der Waals surface area contributed by atoms with E-state index in [9.17, 15) is 23.1 Å². The first-order chi connectivity index (χ1) is 12.3. The van der Waals surface area contributed by atoms with Crippen LogP contribution in [0, 0.1) is 0 Å². The average Bonchev–Trinajstić information content (AvgIpc) is 3.07. The lowest BCUT2D eigenvalue weighted by molar-refractivity contribution is -0.136. The Hall–Kier alpha value is -2.74. The molecule has 1 aliphatic heterocycles. The van der Waals surface area contributed by atoms with Crippen LogP contribution >= 0.6 is 0 Å². The zero-order chi connectivity index (χ0) is 18.7. The van der Waals surface area contributed by atoms with Gasteiger partial charge in [0.1, 0.15) is 5.75 Å². The number of para-hydroxylation sites is 1. The molecule has 138 valence electrons. The number of aliphatic hydroxyl groups excluding tert-OH is 1. The summed E-state index contributed by atoms with van der Waals surface area (Å²) >= 11 is 0. The number of fused-ring (bicyclic) bond motifs is 1. The van der Waals surface area contributed by atoms with E-state index in [0.717, 1.165) is 23.8 Å². The summed E-state index contributed by atoms with van der Waals surface area (Å²) in [5.74, 6) is 0.774. The summed E-state index contributed by atoms with van der Waals surface area (Å²) in [6.45, 7) is 0.452. The third-order valence-electron chi connectivity index (χ3n) is 4.03. The number of rotatable bonds is 4. The van der Waals surface area contributed by atoms with Gasteiger partial charge in [0, 0.05) is 13.0 Å². The predicted molar refractivity (Wildman–Crippen MR) is 89.1 cm³/mol. The number of hydrogen-bond donors (Lipinski definition) is 3. The molecule has 1 atom stereocenters. The molecule has 3 N–H and O–H groups in total. The van der Waals surface area contributed by atoms with E-state index in [0.29, 0.717) is 12.2 Å². The second kappa shape index (κ2) is 7.25. The highest BCUT2D eigenvalue weighted by Crippen LogP contribution is 2.34. The van der Waals surface area contributed by atoms with Gasteiger partial charge in [-0.1, -0.05) is 18.2 Å². The molecule has 26 heavy (non-hydrogen) atoms. The molecule has 0 saturated heterocycles. The van der Waals surface area contributed by atoms with Gasteiger partial charge in [0.15, 0.2) is 0 Å². The Morgan fingerprint density at radius 3 is 2.77 bits per heavy atom. The number of hydrogen-bond acceptors (Lipinski definition) is 3. The topological polar surface area (TPSA) is 70.6 Å². The molecular weight excluding hydrogens is 349 g/mol. The van der Waals surface area contributed by atoms with Gasteiger partial charge in [-0.15, -0.1) is 0 Å². The normalized spacial score (nSPS) is 14.3. The summed E-state index contributed by atoms with van der Waals surface area (Å²) in [6.07, 6.45) is -4.81. The van der Waals surface area contributed by atoms with Gasteiger partial charge in [0.25, 0.3) is 0 Å². The summed E-state index contributed by atoms with van der Waals surface area (Å²) in [4.78, 5) is 11.9. The molecule has 0 aliphatic carbocycles. The molecule has 0 aromatic heterocycles. The van der Waals surface area contributed by atoms with Gasteiger partial charge < -0.3 is 20.5 Å². The van der Waals surface area contributed by atoms with Crippen LogP contribution in [0.3, 0.4) is 0 Å². The highest BCUT2D eigenvalue weighted by Gasteiger charge is 2.33. The van der Waals surface area contributed by atoms with Crippen LogP contribution in [0.15, 0.2) is 42.5 Å². The molecule has 0 bridgehead atoms. The Morgan fingerprint density at radius 1 is 1.23 bits per heavy atom. The van der Waals surface area contributed by atoms with Crippen LogP contribution in [0.1, 0.15) is 22.8 Å². The monoisotopic (exact) mass is 366 g/mol. The molecule has 0 radical (unpaired) electrons. The Labute approximate surface area is 147 Å². The van der Waals surface area contributed by atoms with Crippen LogP contribution < -0.4 is 15.4 Å². The molecule has 0 spiro atoms. The fourth-order valence-electron chi connectivity index (χ4n) is 2.73. The van der Waals surface area contributed by atoms with Crippen molar-refractivity contribution >= 4 is 11.7 Å². The van der Waals surface area contributed by atoms with Crippen molar-refractivity contribution < 1.29 is 27.8 Å². The zero-order valence-electron chi connectivity index (χ0n) is 13.6. The van der Waals surface area contributed by atoms with Gasteiger partial charge in [-0.2, -0.15) is 13.2 Å². The number of alkyl halides is 3. The minimum Gasteiger partial charge on any atom is -0.493 e. The molecule has 3 rings (SSSR count). The maximum absolute atomic E-state index is 12.9. The first kappa shape index (κ1) is 18.1. The lowest BCUT2D eigenvalue weighted by atomic mass is 10.0. The number of aliphatic hydroxyl groups is 1. The standard InChI is InChI=1S/C18H17F3N2O3/c19-18(20,21)13-3-1-2-4-14(13)23-17(25)22-10-15(24)11-5-6-16-12(9-11)7-8-26-16/h1-6,9,15,24H,7-8,10H2,(H2,22,23,25)/t15-/m0/s1. The Bertz CT molecular complexity index is 809. The van der Waals surface area contributed by atoms with E-state index in [2.05, 4.69) is 10.6 Å². The molecule has 1 heterocycles. The van der Waals surface area contributed by atoms with Crippen molar-refractivity contribution in [3.63, 3.8) is 0 Å². The largest absolute Gasteiger partial charge is 0.493 e. The zero-order valence-corrected chi connectivity index (χ0v) is 13.6. The average molecular weight is 366 g/mol. The van der Waals surface area contributed by atoms with Crippen molar-refractivity contribution in [1.29, 1.82) is 0 Å². The van der Waals surface area contributed by atoms with Crippen molar-refractivity contribution in [1.82, 2.24) is 5.32 Å². The van der Waals surface area contributed by atoms with Crippen molar-refractivity contribution in [3.8, 4) is 5.75 Å². The maximum atomic E-state index is 12.9. The number of benzene rings is 2. The molecule has 8 heteroatoms. The summed E-state index contributed by atoms with van der Waals surface area (Å²) in [6, 6.07) is 9.10. The van der Waals surface area contributed by atoms with Crippen LogP contribution in [0.25, 0.3) is 0 Å². The number of urea groups is 1. The van der Waals surface area contributed by atoms with Crippen LogP contribution in [-0.2, 0) is 12.6 Å². The van der Waals surface area contributed by atoms with Gasteiger partial charge in [-0.05, 0) is 35.4 Å². The van der Waals surface area contributed by atoms with E-state index in [1.807, 2.05) is 0 Å². The van der Waals surface area contributed by atoms with E-state index in [4.69, 9.17) is 4.74 Å². The predicted octanol–water partition coefficient (Wildman–Crippen LogP) is 3.50. The molecule has 0 saturated carbocycles. The fourth-order valence-corrected chi connectivity index (χ4v) is 2.73. The third-order valence-corrected chi connectivity index (χ3v) is 4.03. The van der Waals surface area contributed by atoms with E-state index in [1.165, 1.54) is 18.2 Å². The lowest BCUT2D eigenvalue weighted by Crippen LogP contribution is -2.33. The molecule has 5 nitrogen and oxygen atoms in total. The molecule has 2 aromatic carbocycles. The van der Waals surface area contributed by atoms with Crippen LogP contribution in [0.2, 0.25) is 0 Å².